The van der Waals surface area contributed by atoms with Gasteiger partial charge in [-0.15, -0.1) is 10.2 Å². The molecule has 1 amide bonds. The summed E-state index contributed by atoms with van der Waals surface area (Å²) in [6.07, 6.45) is 3.65. The SMILES string of the molecule is C/C=N\CNc1cc(C(=O)Nc2nnc(-n3nccc3C)s2)oc(=O)c1OC1CCOC1.[CH3-].[Cs+]. The number of aryl methyl sites for hydroxylation is 1. The summed E-state index contributed by atoms with van der Waals surface area (Å²) in [4.78, 5) is 29.4. The normalized spacial score (nSPS) is 14.9. The monoisotopic (exact) mass is 607 g/mol. The Kier molecular flexibility index (Phi) is 11.4. The molecule has 0 aliphatic carbocycles. The number of aliphatic imine (C=N–C) groups is 1. The molecule has 12 nitrogen and oxygen atoms in total. The second-order valence-corrected chi connectivity index (χ2v) is 7.70. The van der Waals surface area contributed by atoms with Crippen molar-refractivity contribution in [2.45, 2.75) is 26.4 Å². The van der Waals surface area contributed by atoms with E-state index in [0.29, 0.717) is 30.5 Å². The Morgan fingerprint density at radius 2 is 2.26 bits per heavy atom. The standard InChI is InChI=1S/C19H21N7O5S.CH3.Cs/c1-3-20-10-21-13-8-14(31-17(28)15(13)30-12-5-7-29-9-12)16(27)23-18-24-25-19(32-18)26-11(2)4-6-22-26;;/h3-4,6,8,12,21H,5,7,9-10H2,1-2H3,(H,23,24,27);1H3;/q;-1;+1/b20-3-;;. The van der Waals surface area contributed by atoms with E-state index in [2.05, 4.69) is 30.9 Å². The number of nitrogens with one attached hydrogen (secondary N) is 2. The number of aromatic nitrogens is 4. The third kappa shape index (κ3) is 7.00. The zero-order valence-electron chi connectivity index (χ0n) is 19.4. The molecule has 1 aliphatic heterocycles. The summed E-state index contributed by atoms with van der Waals surface area (Å²) in [5, 5.41) is 18.4. The molecule has 0 aromatic carbocycles. The zero-order valence-corrected chi connectivity index (χ0v) is 26.5. The van der Waals surface area contributed by atoms with Crippen LogP contribution >= 0.6 is 11.3 Å². The van der Waals surface area contributed by atoms with Gasteiger partial charge in [0.1, 0.15) is 12.8 Å². The molecule has 176 valence electrons. The van der Waals surface area contributed by atoms with Crippen LogP contribution < -0.4 is 89.9 Å². The van der Waals surface area contributed by atoms with Gasteiger partial charge < -0.3 is 26.6 Å². The predicted molar refractivity (Wildman–Crippen MR) is 124 cm³/mol. The number of hydrogen-bond acceptors (Lipinski definition) is 11. The second-order valence-electron chi connectivity index (χ2n) is 6.75. The molecule has 4 heterocycles. The van der Waals surface area contributed by atoms with Crippen LogP contribution in [0.1, 0.15) is 29.6 Å². The van der Waals surface area contributed by atoms with E-state index in [9.17, 15) is 9.59 Å². The molecule has 0 spiro atoms. The van der Waals surface area contributed by atoms with Crippen LogP contribution in [-0.2, 0) is 4.74 Å². The molecular formula is C20H24CsN7O5S. The third-order valence-electron chi connectivity index (χ3n) is 4.50. The maximum absolute atomic E-state index is 12.7. The minimum Gasteiger partial charge on any atom is -0.479 e. The Labute approximate surface area is 259 Å². The molecule has 34 heavy (non-hydrogen) atoms. The van der Waals surface area contributed by atoms with Gasteiger partial charge in [0.2, 0.25) is 16.0 Å². The van der Waals surface area contributed by atoms with E-state index in [4.69, 9.17) is 13.9 Å². The van der Waals surface area contributed by atoms with E-state index >= 15 is 0 Å². The summed E-state index contributed by atoms with van der Waals surface area (Å²) in [6, 6.07) is 3.22. The first-order chi connectivity index (χ1) is 15.5. The fourth-order valence-electron chi connectivity index (χ4n) is 2.91. The van der Waals surface area contributed by atoms with Gasteiger partial charge in [-0.3, -0.25) is 15.1 Å². The molecule has 1 saturated heterocycles. The molecule has 3 aromatic heterocycles. The van der Waals surface area contributed by atoms with Crippen molar-refractivity contribution < 1.29 is 87.6 Å². The van der Waals surface area contributed by atoms with Crippen LogP contribution in [0.3, 0.4) is 0 Å². The Morgan fingerprint density at radius 3 is 2.94 bits per heavy atom. The third-order valence-corrected chi connectivity index (χ3v) is 5.31. The molecule has 0 saturated carbocycles. The summed E-state index contributed by atoms with van der Waals surface area (Å²) in [5.41, 5.74) is 0.394. The Morgan fingerprint density at radius 1 is 1.44 bits per heavy atom. The average molecular weight is 607 g/mol. The van der Waals surface area contributed by atoms with E-state index in [-0.39, 0.29) is 106 Å². The molecule has 0 radical (unpaired) electrons. The Bertz CT molecular complexity index is 1190. The Hall–Kier alpha value is -1.53. The van der Waals surface area contributed by atoms with E-state index < -0.39 is 11.5 Å². The molecule has 4 rings (SSSR count). The minimum absolute atomic E-state index is 0. The number of anilines is 2. The van der Waals surface area contributed by atoms with E-state index in [1.807, 2.05) is 13.0 Å². The maximum Gasteiger partial charge on any atom is 1.00 e. The predicted octanol–water partition coefficient (Wildman–Crippen LogP) is -0.680. The molecule has 1 fully saturated rings. The number of nitrogens with zero attached hydrogens (tertiary/aromatic N) is 5. The van der Waals surface area contributed by atoms with Gasteiger partial charge in [-0.25, -0.2) is 9.48 Å². The molecule has 2 N–H and O–H groups in total. The number of rotatable bonds is 8. The van der Waals surface area contributed by atoms with Crippen molar-refractivity contribution in [1.29, 1.82) is 0 Å². The largest absolute Gasteiger partial charge is 1.00 e. The van der Waals surface area contributed by atoms with Crippen molar-refractivity contribution in [3.63, 3.8) is 0 Å². The zero-order chi connectivity index (χ0) is 22.5. The molecule has 1 aliphatic rings. The molecule has 0 bridgehead atoms. The second kappa shape index (κ2) is 13.5. The van der Waals surface area contributed by atoms with Gasteiger partial charge in [0.05, 0.1) is 18.9 Å². The summed E-state index contributed by atoms with van der Waals surface area (Å²) in [7, 11) is 0. The van der Waals surface area contributed by atoms with Crippen LogP contribution in [0.15, 0.2) is 32.5 Å². The van der Waals surface area contributed by atoms with Gasteiger partial charge in [0.25, 0.3) is 5.91 Å². The van der Waals surface area contributed by atoms with Crippen molar-refractivity contribution in [3.05, 3.63) is 47.6 Å². The smallest absolute Gasteiger partial charge is 0.479 e. The summed E-state index contributed by atoms with van der Waals surface area (Å²) in [5.74, 6) is -0.879. The molecule has 14 heteroatoms. The number of carbonyl (C=O) groups excluding carboxylic acids is 1. The van der Waals surface area contributed by atoms with E-state index in [1.54, 1.807) is 24.0 Å². The minimum atomic E-state index is -0.780. The van der Waals surface area contributed by atoms with Gasteiger partial charge in [-0.2, -0.15) is 5.10 Å². The van der Waals surface area contributed by atoms with Crippen molar-refractivity contribution >= 4 is 34.3 Å². The maximum atomic E-state index is 12.7. The van der Waals surface area contributed by atoms with Crippen LogP contribution in [0.25, 0.3) is 5.13 Å². The molecule has 1 atom stereocenters. The van der Waals surface area contributed by atoms with Gasteiger partial charge >= 0.3 is 74.5 Å². The number of hydrogen-bond donors (Lipinski definition) is 2. The van der Waals surface area contributed by atoms with Crippen LogP contribution in [0.4, 0.5) is 10.8 Å². The fraction of sp³-hybridized carbons (Fsp3) is 0.350. The topological polar surface area (TPSA) is 146 Å². The number of ether oxygens (including phenoxy) is 2. The van der Waals surface area contributed by atoms with Gasteiger partial charge in [-0.05, 0) is 26.1 Å². The first-order valence-electron chi connectivity index (χ1n) is 9.82. The summed E-state index contributed by atoms with van der Waals surface area (Å²) >= 11 is 1.13. The quantitative estimate of drug-likeness (QED) is 0.251. The number of amides is 1. The van der Waals surface area contributed by atoms with Crippen molar-refractivity contribution in [1.82, 2.24) is 20.0 Å². The Balaban J connectivity index is 0.00000204. The van der Waals surface area contributed by atoms with Crippen LogP contribution in [-0.4, -0.2) is 58.1 Å². The summed E-state index contributed by atoms with van der Waals surface area (Å²) < 4.78 is 17.9. The van der Waals surface area contributed by atoms with Gasteiger partial charge in [0, 0.05) is 24.4 Å². The fourth-order valence-corrected chi connectivity index (χ4v) is 3.67. The van der Waals surface area contributed by atoms with Crippen molar-refractivity contribution in [2.75, 3.05) is 30.5 Å². The first kappa shape index (κ1) is 28.7. The molecule has 3 aromatic rings. The average Bonchev–Trinajstić information content (AvgIpc) is 3.53. The van der Waals surface area contributed by atoms with Crippen LogP contribution in [0.2, 0.25) is 0 Å². The van der Waals surface area contributed by atoms with Gasteiger partial charge in [0.15, 0.2) is 5.76 Å². The number of carbonyl (C=O) groups is 1. The van der Waals surface area contributed by atoms with Crippen LogP contribution in [0, 0.1) is 14.4 Å². The van der Waals surface area contributed by atoms with Crippen molar-refractivity contribution in [3.8, 4) is 10.9 Å². The molecular weight excluding hydrogens is 583 g/mol. The van der Waals surface area contributed by atoms with Crippen LogP contribution in [0.5, 0.6) is 5.75 Å². The van der Waals surface area contributed by atoms with Gasteiger partial charge in [-0.1, -0.05) is 11.3 Å². The first-order valence-corrected chi connectivity index (χ1v) is 10.6. The molecule has 1 unspecified atom stereocenters. The van der Waals surface area contributed by atoms with Crippen molar-refractivity contribution in [2.24, 2.45) is 4.99 Å². The summed E-state index contributed by atoms with van der Waals surface area (Å²) in [6.45, 7) is 4.78. The van der Waals surface area contributed by atoms with E-state index in [1.165, 1.54) is 6.07 Å². The van der Waals surface area contributed by atoms with E-state index in [0.717, 1.165) is 17.0 Å².